The molecule has 0 aromatic carbocycles. The largest absolute Gasteiger partial charge is 0.394 e. The van der Waals surface area contributed by atoms with Gasteiger partial charge < -0.3 is 10.5 Å². The normalized spacial score (nSPS) is 38.0. The van der Waals surface area contributed by atoms with Gasteiger partial charge >= 0.3 is 0 Å². The van der Waals surface area contributed by atoms with Gasteiger partial charge in [-0.1, -0.05) is 0 Å². The lowest BCUT2D eigenvalue weighted by Gasteiger charge is -2.07. The van der Waals surface area contributed by atoms with Crippen LogP contribution in [0.25, 0.3) is 0 Å². The molecule has 2 saturated carbocycles. The summed E-state index contributed by atoms with van der Waals surface area (Å²) in [4.78, 5) is 0. The summed E-state index contributed by atoms with van der Waals surface area (Å²) in [6, 6.07) is 0.0929. The average Bonchev–Trinajstić information content (AvgIpc) is 2.77. The van der Waals surface area contributed by atoms with E-state index in [1.807, 2.05) is 6.92 Å². The van der Waals surface area contributed by atoms with Crippen LogP contribution >= 0.6 is 0 Å². The molecule has 1 unspecified atom stereocenters. The Hall–Kier alpha value is -0.570. The van der Waals surface area contributed by atoms with Crippen molar-refractivity contribution in [2.24, 2.45) is 16.9 Å². The second kappa shape index (κ2) is 3.05. The predicted molar refractivity (Wildman–Crippen MR) is 47.9 cm³/mol. The second-order valence-electron chi connectivity index (χ2n) is 3.96. The molecule has 2 aliphatic rings. The Labute approximate surface area is 72.9 Å². The topological polar surface area (TPSA) is 44.6 Å². The fourth-order valence-corrected chi connectivity index (χ4v) is 1.87. The number of aliphatic hydroxyl groups is 1. The summed E-state index contributed by atoms with van der Waals surface area (Å²) in [6.45, 7) is 2.09. The first-order valence-corrected chi connectivity index (χ1v) is 4.74. The van der Waals surface area contributed by atoms with Gasteiger partial charge in [-0.3, -0.25) is 0 Å². The predicted octanol–water partition coefficient (Wildman–Crippen LogP) is 0.743. The number of nitrogens with zero attached hydrogens (tertiary/aromatic N) is 1. The minimum atomic E-state index is 0.0929. The molecule has 12 heavy (non-hydrogen) atoms. The number of hydrogen-bond donors (Lipinski definition) is 2. The maximum Gasteiger partial charge on any atom is 0.0646 e. The molecule has 3 nitrogen and oxygen atoms in total. The average molecular weight is 168 g/mol. The highest BCUT2D eigenvalue weighted by Crippen LogP contribution is 2.49. The van der Waals surface area contributed by atoms with Crippen molar-refractivity contribution in [2.75, 3.05) is 6.61 Å². The number of hydrazone groups is 1. The van der Waals surface area contributed by atoms with Crippen molar-refractivity contribution in [1.82, 2.24) is 5.43 Å². The van der Waals surface area contributed by atoms with E-state index < -0.39 is 0 Å². The van der Waals surface area contributed by atoms with E-state index >= 15 is 0 Å². The maximum absolute atomic E-state index is 8.75. The van der Waals surface area contributed by atoms with Crippen LogP contribution < -0.4 is 5.43 Å². The fraction of sp³-hybridized carbons (Fsp3) is 0.889. The molecule has 3 atom stereocenters. The zero-order valence-electron chi connectivity index (χ0n) is 7.45. The first-order chi connectivity index (χ1) is 5.81. The van der Waals surface area contributed by atoms with Crippen LogP contribution in [0.4, 0.5) is 0 Å². The summed E-state index contributed by atoms with van der Waals surface area (Å²) in [7, 11) is 0. The molecule has 0 aromatic heterocycles. The first-order valence-electron chi connectivity index (χ1n) is 4.74. The van der Waals surface area contributed by atoms with Gasteiger partial charge in [0.25, 0.3) is 0 Å². The van der Waals surface area contributed by atoms with Crippen LogP contribution in [0.15, 0.2) is 5.10 Å². The number of fused-ring (bicyclic) bond motifs is 1. The Morgan fingerprint density at radius 1 is 1.75 bits per heavy atom. The molecule has 0 spiro atoms. The minimum absolute atomic E-state index is 0.0929. The fourth-order valence-electron chi connectivity index (χ4n) is 1.87. The molecular weight excluding hydrogens is 152 g/mol. The summed E-state index contributed by atoms with van der Waals surface area (Å²) in [5, 5.41) is 13.1. The molecule has 2 fully saturated rings. The highest BCUT2D eigenvalue weighted by atomic mass is 16.3. The molecule has 0 bridgehead atoms. The van der Waals surface area contributed by atoms with Gasteiger partial charge in [0.15, 0.2) is 0 Å². The third kappa shape index (κ3) is 1.46. The Morgan fingerprint density at radius 3 is 3.08 bits per heavy atom. The van der Waals surface area contributed by atoms with Crippen molar-refractivity contribution in [3.05, 3.63) is 0 Å². The van der Waals surface area contributed by atoms with E-state index in [0.717, 1.165) is 11.8 Å². The summed E-state index contributed by atoms with van der Waals surface area (Å²) in [6.07, 6.45) is 3.85. The third-order valence-electron chi connectivity index (χ3n) is 2.82. The highest BCUT2D eigenvalue weighted by Gasteiger charge is 2.45. The monoisotopic (exact) mass is 168 g/mol. The molecule has 0 heterocycles. The van der Waals surface area contributed by atoms with Crippen molar-refractivity contribution in [1.29, 1.82) is 0 Å². The highest BCUT2D eigenvalue weighted by molar-refractivity contribution is 5.91. The SMILES string of the molecule is CC(CO)N/N=C1/CC[C@H]2C[C@@H]12. The van der Waals surface area contributed by atoms with Crippen molar-refractivity contribution in [3.8, 4) is 0 Å². The Balaban J connectivity index is 1.83. The van der Waals surface area contributed by atoms with Gasteiger partial charge in [0.1, 0.15) is 0 Å². The van der Waals surface area contributed by atoms with Gasteiger partial charge in [0.2, 0.25) is 0 Å². The van der Waals surface area contributed by atoms with E-state index in [4.69, 9.17) is 5.11 Å². The van der Waals surface area contributed by atoms with Crippen molar-refractivity contribution in [2.45, 2.75) is 32.2 Å². The van der Waals surface area contributed by atoms with Crippen LogP contribution in [0.3, 0.4) is 0 Å². The third-order valence-corrected chi connectivity index (χ3v) is 2.82. The van der Waals surface area contributed by atoms with Gasteiger partial charge in [0.05, 0.1) is 12.6 Å². The van der Waals surface area contributed by atoms with Crippen molar-refractivity contribution >= 4 is 5.71 Å². The number of aliphatic hydroxyl groups excluding tert-OH is 1. The molecule has 0 saturated heterocycles. The number of hydrogen-bond acceptors (Lipinski definition) is 3. The van der Waals surface area contributed by atoms with Crippen LogP contribution in [-0.2, 0) is 0 Å². The zero-order valence-corrected chi connectivity index (χ0v) is 7.45. The first kappa shape index (κ1) is 8.05. The lowest BCUT2D eigenvalue weighted by Crippen LogP contribution is -2.25. The lowest BCUT2D eigenvalue weighted by atomic mass is 10.2. The van der Waals surface area contributed by atoms with Gasteiger partial charge in [0, 0.05) is 11.6 Å². The van der Waals surface area contributed by atoms with Gasteiger partial charge in [-0.25, -0.2) is 0 Å². The van der Waals surface area contributed by atoms with Crippen LogP contribution in [0.2, 0.25) is 0 Å². The summed E-state index contributed by atoms with van der Waals surface area (Å²) >= 11 is 0. The quantitative estimate of drug-likeness (QED) is 0.610. The molecule has 3 heteroatoms. The van der Waals surface area contributed by atoms with E-state index in [2.05, 4.69) is 10.5 Å². The molecule has 0 aromatic rings. The van der Waals surface area contributed by atoms with E-state index in [-0.39, 0.29) is 12.6 Å². The molecule has 2 aliphatic carbocycles. The Bertz CT molecular complexity index is 203. The van der Waals surface area contributed by atoms with Gasteiger partial charge in [-0.05, 0) is 32.1 Å². The van der Waals surface area contributed by atoms with Crippen molar-refractivity contribution < 1.29 is 5.11 Å². The molecule has 0 amide bonds. The number of nitrogens with one attached hydrogen (secondary N) is 1. The number of rotatable bonds is 3. The smallest absolute Gasteiger partial charge is 0.0646 e. The second-order valence-corrected chi connectivity index (χ2v) is 3.96. The Kier molecular flexibility index (Phi) is 2.05. The maximum atomic E-state index is 8.75. The zero-order chi connectivity index (χ0) is 8.55. The van der Waals surface area contributed by atoms with E-state index in [1.165, 1.54) is 25.0 Å². The molecule has 68 valence electrons. The summed E-state index contributed by atoms with van der Waals surface area (Å²) < 4.78 is 0. The molecule has 2 rings (SSSR count). The van der Waals surface area contributed by atoms with Gasteiger partial charge in [-0.2, -0.15) is 5.10 Å². The van der Waals surface area contributed by atoms with Crippen LogP contribution in [-0.4, -0.2) is 23.5 Å². The molecule has 2 N–H and O–H groups in total. The standard InChI is InChI=1S/C9H16N2O/c1-6(5-12)10-11-9-3-2-7-4-8(7)9/h6-8,10,12H,2-5H2,1H3/b11-9-/t6?,7-,8+/m0/s1. The molecule has 0 radical (unpaired) electrons. The summed E-state index contributed by atoms with van der Waals surface area (Å²) in [5.74, 6) is 1.75. The van der Waals surface area contributed by atoms with Gasteiger partial charge in [-0.15, -0.1) is 0 Å². The van der Waals surface area contributed by atoms with Crippen LogP contribution in [0.5, 0.6) is 0 Å². The molecular formula is C9H16N2O. The van der Waals surface area contributed by atoms with Crippen molar-refractivity contribution in [3.63, 3.8) is 0 Å². The van der Waals surface area contributed by atoms with E-state index in [0.29, 0.717) is 0 Å². The minimum Gasteiger partial charge on any atom is -0.394 e. The van der Waals surface area contributed by atoms with Crippen LogP contribution in [0.1, 0.15) is 26.2 Å². The lowest BCUT2D eigenvalue weighted by molar-refractivity contribution is 0.253. The Morgan fingerprint density at radius 2 is 2.58 bits per heavy atom. The van der Waals surface area contributed by atoms with E-state index in [1.54, 1.807) is 0 Å². The summed E-state index contributed by atoms with van der Waals surface area (Å²) in [5.41, 5.74) is 4.30. The molecule has 0 aliphatic heterocycles. The van der Waals surface area contributed by atoms with E-state index in [9.17, 15) is 0 Å². The van der Waals surface area contributed by atoms with Crippen LogP contribution in [0, 0.1) is 11.8 Å².